The number of Topliss-reactive ketones (excluding diaryl/α,β-unsaturated/α-hetero) is 1. The highest BCUT2D eigenvalue weighted by atomic mass is 19.4. The van der Waals surface area contributed by atoms with E-state index in [0.717, 1.165) is 0 Å². The van der Waals surface area contributed by atoms with Gasteiger partial charge >= 0.3 is 12.2 Å². The van der Waals surface area contributed by atoms with Gasteiger partial charge in [0.15, 0.2) is 5.78 Å². The number of nitrogens with one attached hydrogen (secondary N) is 2. The van der Waals surface area contributed by atoms with Crippen molar-refractivity contribution in [2.24, 2.45) is 5.92 Å². The summed E-state index contributed by atoms with van der Waals surface area (Å²) in [5.41, 5.74) is -4.33. The van der Waals surface area contributed by atoms with E-state index in [0.29, 0.717) is 0 Å². The zero-order valence-electron chi connectivity index (χ0n) is 17.1. The molecule has 2 amide bonds. The molecule has 0 radical (unpaired) electrons. The number of benzene rings is 2. The van der Waals surface area contributed by atoms with Crippen LogP contribution in [0.15, 0.2) is 71.1 Å². The van der Waals surface area contributed by atoms with Crippen LogP contribution in [0, 0.1) is 16.0 Å². The van der Waals surface area contributed by atoms with Gasteiger partial charge in [-0.05, 0) is 18.2 Å². The Kier molecular flexibility index (Phi) is 5.61. The monoisotopic (exact) mass is 475 g/mol. The number of nitro groups is 1. The summed E-state index contributed by atoms with van der Waals surface area (Å²) in [6.45, 7) is 0. The second-order valence-electron chi connectivity index (χ2n) is 7.52. The minimum atomic E-state index is -5.42. The van der Waals surface area contributed by atoms with Gasteiger partial charge in [-0.2, -0.15) is 13.2 Å². The highest BCUT2D eigenvalue weighted by Gasteiger charge is 2.66. The summed E-state index contributed by atoms with van der Waals surface area (Å²) in [6, 6.07) is 11.8. The lowest BCUT2D eigenvalue weighted by Crippen LogP contribution is -2.72. The number of carbonyl (C=O) groups is 2. The molecule has 1 aliphatic heterocycles. The van der Waals surface area contributed by atoms with E-state index in [1.807, 2.05) is 0 Å². The molecule has 1 aromatic heterocycles. The number of ketones is 1. The molecule has 12 heteroatoms. The van der Waals surface area contributed by atoms with Gasteiger partial charge in [-0.3, -0.25) is 14.9 Å². The maximum atomic E-state index is 14.0. The number of alkyl halides is 3. The summed E-state index contributed by atoms with van der Waals surface area (Å²) in [6.07, 6.45) is -5.42. The van der Waals surface area contributed by atoms with Crippen LogP contribution in [0.2, 0.25) is 0 Å². The Morgan fingerprint density at radius 1 is 1.06 bits per heavy atom. The molecule has 0 bridgehead atoms. The van der Waals surface area contributed by atoms with E-state index in [1.165, 1.54) is 66.0 Å². The van der Waals surface area contributed by atoms with Crippen LogP contribution >= 0.6 is 0 Å². The van der Waals surface area contributed by atoms with Crippen molar-refractivity contribution in [1.29, 1.82) is 0 Å². The number of halogens is 3. The highest BCUT2D eigenvalue weighted by Crippen LogP contribution is 2.45. The van der Waals surface area contributed by atoms with Crippen LogP contribution in [0.5, 0.6) is 0 Å². The lowest BCUT2D eigenvalue weighted by Gasteiger charge is -2.44. The minimum absolute atomic E-state index is 0.0380. The molecular formula is C22H16F3N3O6. The summed E-state index contributed by atoms with van der Waals surface area (Å²) in [5.74, 6) is -3.77. The van der Waals surface area contributed by atoms with Gasteiger partial charge in [0.25, 0.3) is 5.69 Å². The van der Waals surface area contributed by atoms with Crippen LogP contribution in [0.3, 0.4) is 0 Å². The van der Waals surface area contributed by atoms with Crippen molar-refractivity contribution in [3.05, 3.63) is 88.2 Å². The molecule has 0 unspecified atom stereocenters. The summed E-state index contributed by atoms with van der Waals surface area (Å²) in [5, 5.41) is 25.6. The van der Waals surface area contributed by atoms with Crippen LogP contribution in [0.1, 0.15) is 22.2 Å². The van der Waals surface area contributed by atoms with Gasteiger partial charge in [-0.15, -0.1) is 0 Å². The summed E-state index contributed by atoms with van der Waals surface area (Å²) in [4.78, 5) is 36.0. The first-order chi connectivity index (χ1) is 16.0. The summed E-state index contributed by atoms with van der Waals surface area (Å²) >= 11 is 0. The quantitative estimate of drug-likeness (QED) is 0.291. The number of urea groups is 1. The first-order valence-electron chi connectivity index (χ1n) is 9.83. The van der Waals surface area contributed by atoms with Crippen LogP contribution in [0.4, 0.5) is 23.7 Å². The van der Waals surface area contributed by atoms with E-state index in [9.17, 15) is 38.0 Å². The Morgan fingerprint density at radius 3 is 2.35 bits per heavy atom. The third-order valence-electron chi connectivity index (χ3n) is 5.45. The molecule has 1 saturated heterocycles. The van der Waals surface area contributed by atoms with Crippen LogP contribution in [-0.4, -0.2) is 33.7 Å². The predicted molar refractivity (Wildman–Crippen MR) is 110 cm³/mol. The first-order valence-corrected chi connectivity index (χ1v) is 9.83. The van der Waals surface area contributed by atoms with Crippen LogP contribution in [0.25, 0.3) is 11.3 Å². The number of nitrogens with zero attached hydrogens (tertiary/aromatic N) is 1. The lowest BCUT2D eigenvalue weighted by molar-refractivity contribution is -0.384. The van der Waals surface area contributed by atoms with Crippen molar-refractivity contribution < 1.29 is 37.2 Å². The Bertz CT molecular complexity index is 1260. The standard InChI is InChI=1S/C22H16F3N3O6/c23-22(24,25)21(31)17(19(29)12-6-2-1-3-7-12)18(26-20(30)27-21)16-11-10-15(34-16)13-8-4-5-9-14(13)28(32)33/h1-11,17-18,31H,(H2,26,27,30)/t17-,18-,21+/m0/s1. The van der Waals surface area contributed by atoms with Gasteiger partial charge in [0.2, 0.25) is 5.72 Å². The molecule has 0 aliphatic carbocycles. The molecule has 9 nitrogen and oxygen atoms in total. The average molecular weight is 475 g/mol. The Hall–Kier alpha value is -4.19. The third-order valence-corrected chi connectivity index (χ3v) is 5.45. The number of aliphatic hydroxyl groups is 1. The normalized spacial score (nSPS) is 22.5. The smallest absolute Gasteiger partial charge is 0.437 e. The molecule has 3 N–H and O–H groups in total. The SMILES string of the molecule is O=C1N[C@@H](c2ccc(-c3ccccc3[N+](=O)[O-])o2)[C@@H](C(=O)c2ccccc2)[C@@](O)(C(F)(F)F)N1. The number of nitro benzene ring substituents is 1. The van der Waals surface area contributed by atoms with Crippen molar-refractivity contribution in [3.8, 4) is 11.3 Å². The molecule has 0 saturated carbocycles. The van der Waals surface area contributed by atoms with E-state index in [4.69, 9.17) is 4.42 Å². The summed E-state index contributed by atoms with van der Waals surface area (Å²) in [7, 11) is 0. The molecule has 4 rings (SSSR count). The predicted octanol–water partition coefficient (Wildman–Crippen LogP) is 3.96. The Balaban J connectivity index is 1.83. The second-order valence-corrected chi connectivity index (χ2v) is 7.52. The van der Waals surface area contributed by atoms with Crippen molar-refractivity contribution >= 4 is 17.5 Å². The molecule has 1 fully saturated rings. The number of amides is 2. The van der Waals surface area contributed by atoms with E-state index < -0.39 is 40.6 Å². The number of carbonyl (C=O) groups excluding carboxylic acids is 2. The number of para-hydroxylation sites is 1. The Morgan fingerprint density at radius 2 is 1.71 bits per heavy atom. The van der Waals surface area contributed by atoms with Crippen molar-refractivity contribution in [3.63, 3.8) is 0 Å². The highest BCUT2D eigenvalue weighted by molar-refractivity contribution is 6.00. The molecule has 2 heterocycles. The molecule has 34 heavy (non-hydrogen) atoms. The van der Waals surface area contributed by atoms with Gasteiger partial charge in [0.05, 0.1) is 10.5 Å². The number of hydrogen-bond acceptors (Lipinski definition) is 6. The van der Waals surface area contributed by atoms with Crippen molar-refractivity contribution in [2.75, 3.05) is 0 Å². The zero-order valence-corrected chi connectivity index (χ0v) is 17.1. The fraction of sp³-hybridized carbons (Fsp3) is 0.182. The molecule has 3 aromatic rings. The van der Waals surface area contributed by atoms with Crippen molar-refractivity contribution in [1.82, 2.24) is 10.6 Å². The number of furan rings is 1. The maximum absolute atomic E-state index is 14.0. The van der Waals surface area contributed by atoms with E-state index in [-0.39, 0.29) is 28.3 Å². The zero-order chi connectivity index (χ0) is 24.7. The van der Waals surface area contributed by atoms with E-state index >= 15 is 0 Å². The maximum Gasteiger partial charge on any atom is 0.437 e. The molecule has 176 valence electrons. The molecule has 1 aliphatic rings. The largest absolute Gasteiger partial charge is 0.459 e. The van der Waals surface area contributed by atoms with E-state index in [2.05, 4.69) is 5.32 Å². The molecule has 0 spiro atoms. The average Bonchev–Trinajstić information content (AvgIpc) is 3.28. The third kappa shape index (κ3) is 3.88. The van der Waals surface area contributed by atoms with Gasteiger partial charge < -0.3 is 20.2 Å². The number of rotatable bonds is 5. The molecular weight excluding hydrogens is 459 g/mol. The van der Waals surface area contributed by atoms with Crippen molar-refractivity contribution in [2.45, 2.75) is 17.9 Å². The molecule has 3 atom stereocenters. The minimum Gasteiger partial charge on any atom is -0.459 e. The molecule has 2 aromatic carbocycles. The van der Waals surface area contributed by atoms with Gasteiger partial charge in [-0.25, -0.2) is 4.79 Å². The van der Waals surface area contributed by atoms with Gasteiger partial charge in [0, 0.05) is 11.6 Å². The number of hydrogen-bond donors (Lipinski definition) is 3. The fourth-order valence-electron chi connectivity index (χ4n) is 3.86. The van der Waals surface area contributed by atoms with Crippen LogP contribution in [-0.2, 0) is 0 Å². The van der Waals surface area contributed by atoms with Gasteiger partial charge in [-0.1, -0.05) is 42.5 Å². The lowest BCUT2D eigenvalue weighted by atomic mass is 9.79. The van der Waals surface area contributed by atoms with Gasteiger partial charge in [0.1, 0.15) is 23.5 Å². The second kappa shape index (κ2) is 8.30. The Labute approximate surface area is 189 Å². The topological polar surface area (TPSA) is 135 Å². The fourth-order valence-corrected chi connectivity index (χ4v) is 3.86. The van der Waals surface area contributed by atoms with Crippen LogP contribution < -0.4 is 10.6 Å². The van der Waals surface area contributed by atoms with E-state index in [1.54, 1.807) is 6.07 Å². The first kappa shape index (κ1) is 23.0. The summed E-state index contributed by atoms with van der Waals surface area (Å²) < 4.78 is 47.5.